The molecular formula is C20H24O2S. The van der Waals surface area contributed by atoms with Crippen molar-refractivity contribution in [3.63, 3.8) is 0 Å². The molecule has 3 rings (SSSR count). The van der Waals surface area contributed by atoms with Gasteiger partial charge in [0.15, 0.2) is 0 Å². The number of hydrogen-bond acceptors (Lipinski definition) is 2. The lowest BCUT2D eigenvalue weighted by Crippen LogP contribution is -2.37. The Kier molecular flexibility index (Phi) is 4.35. The van der Waals surface area contributed by atoms with Gasteiger partial charge < -0.3 is 4.18 Å². The first-order valence-electron chi connectivity index (χ1n) is 8.06. The highest BCUT2D eigenvalue weighted by Gasteiger charge is 2.45. The Morgan fingerprint density at radius 3 is 1.65 bits per heavy atom. The van der Waals surface area contributed by atoms with Crippen molar-refractivity contribution in [2.75, 3.05) is 0 Å². The molecule has 0 aromatic heterocycles. The Labute approximate surface area is 140 Å². The van der Waals surface area contributed by atoms with Crippen molar-refractivity contribution in [1.82, 2.24) is 0 Å². The molecule has 122 valence electrons. The van der Waals surface area contributed by atoms with E-state index in [-0.39, 0.29) is 10.9 Å². The third kappa shape index (κ3) is 2.96. The van der Waals surface area contributed by atoms with Crippen molar-refractivity contribution in [2.24, 2.45) is 0 Å². The minimum Gasteiger partial charge on any atom is -0.323 e. The van der Waals surface area contributed by atoms with Crippen LogP contribution in [0.15, 0.2) is 70.5 Å². The predicted molar refractivity (Wildman–Crippen MR) is 95.9 cm³/mol. The van der Waals surface area contributed by atoms with Crippen LogP contribution in [0.5, 0.6) is 0 Å². The molecule has 2 nitrogen and oxygen atoms in total. The maximum atomic E-state index is 11.4. The van der Waals surface area contributed by atoms with Gasteiger partial charge in [-0.05, 0) is 45.0 Å². The summed E-state index contributed by atoms with van der Waals surface area (Å²) in [5, 5.41) is 0. The average molecular weight is 328 g/mol. The van der Waals surface area contributed by atoms with Gasteiger partial charge in [-0.1, -0.05) is 46.7 Å². The van der Waals surface area contributed by atoms with Crippen molar-refractivity contribution in [1.29, 1.82) is 0 Å². The standard InChI is InChI=1S/C20H24O2S/c1-20(2,3)23(18-10-6-4-7-11-18,19-12-8-5-9-13-19)22-17-14-16(21)15-17/h4-13,17H,14-15H2,1-3H3. The molecule has 2 aromatic rings. The minimum absolute atomic E-state index is 0.0390. The van der Waals surface area contributed by atoms with Crippen molar-refractivity contribution in [2.45, 2.75) is 54.3 Å². The van der Waals surface area contributed by atoms with E-state index in [0.717, 1.165) is 0 Å². The maximum absolute atomic E-state index is 11.4. The van der Waals surface area contributed by atoms with Crippen LogP contribution in [0.3, 0.4) is 0 Å². The number of carbonyl (C=O) groups excluding carboxylic acids is 1. The molecule has 3 heteroatoms. The monoisotopic (exact) mass is 328 g/mol. The van der Waals surface area contributed by atoms with Crippen molar-refractivity contribution in [3.8, 4) is 0 Å². The summed E-state index contributed by atoms with van der Waals surface area (Å²) in [7, 11) is -1.71. The van der Waals surface area contributed by atoms with Crippen molar-refractivity contribution in [3.05, 3.63) is 60.7 Å². The highest BCUT2D eigenvalue weighted by Crippen LogP contribution is 2.72. The second kappa shape index (κ2) is 6.14. The molecule has 1 aliphatic rings. The van der Waals surface area contributed by atoms with Crippen LogP contribution in [-0.4, -0.2) is 16.6 Å². The number of carbonyl (C=O) groups is 1. The quantitative estimate of drug-likeness (QED) is 0.754. The van der Waals surface area contributed by atoms with E-state index in [1.807, 2.05) is 12.1 Å². The van der Waals surface area contributed by atoms with E-state index in [1.54, 1.807) is 0 Å². The number of hydrogen-bond donors (Lipinski definition) is 0. The summed E-state index contributed by atoms with van der Waals surface area (Å²) in [6, 6.07) is 21.0. The van der Waals surface area contributed by atoms with Crippen LogP contribution in [0.25, 0.3) is 0 Å². The van der Waals surface area contributed by atoms with Crippen molar-refractivity contribution < 1.29 is 8.98 Å². The molecule has 0 atom stereocenters. The second-order valence-electron chi connectivity index (χ2n) is 6.96. The Bertz CT molecular complexity index is 626. The van der Waals surface area contributed by atoms with E-state index in [4.69, 9.17) is 4.18 Å². The third-order valence-electron chi connectivity index (χ3n) is 4.20. The normalized spacial score (nSPS) is 16.9. The number of benzene rings is 2. The lowest BCUT2D eigenvalue weighted by molar-refractivity contribution is -0.129. The molecule has 0 spiro atoms. The van der Waals surface area contributed by atoms with E-state index in [2.05, 4.69) is 69.3 Å². The maximum Gasteiger partial charge on any atom is 0.138 e. The Balaban J connectivity index is 2.15. The molecule has 1 saturated carbocycles. The molecule has 0 unspecified atom stereocenters. The van der Waals surface area contributed by atoms with Crippen LogP contribution in [0.4, 0.5) is 0 Å². The van der Waals surface area contributed by atoms with Gasteiger partial charge in [-0.15, -0.1) is 0 Å². The molecule has 0 saturated heterocycles. The first-order chi connectivity index (χ1) is 10.9. The van der Waals surface area contributed by atoms with Gasteiger partial charge in [0, 0.05) is 27.4 Å². The zero-order chi connectivity index (χ0) is 16.5. The molecule has 0 bridgehead atoms. The molecule has 0 aliphatic heterocycles. The van der Waals surface area contributed by atoms with Gasteiger partial charge >= 0.3 is 0 Å². The van der Waals surface area contributed by atoms with Crippen LogP contribution < -0.4 is 0 Å². The fourth-order valence-corrected chi connectivity index (χ4v) is 6.87. The highest BCUT2D eigenvalue weighted by molar-refractivity contribution is 8.31. The van der Waals surface area contributed by atoms with E-state index in [9.17, 15) is 4.79 Å². The van der Waals surface area contributed by atoms with Crippen LogP contribution in [0.2, 0.25) is 0 Å². The topological polar surface area (TPSA) is 26.3 Å². The summed E-state index contributed by atoms with van der Waals surface area (Å²) >= 11 is 0. The summed E-state index contributed by atoms with van der Waals surface area (Å²) in [6.07, 6.45) is 1.13. The molecule has 0 radical (unpaired) electrons. The summed E-state index contributed by atoms with van der Waals surface area (Å²) in [6.45, 7) is 6.72. The molecule has 0 amide bonds. The number of Topliss-reactive ketones (excluding diaryl/α,β-unsaturated/α-hetero) is 1. The number of ketones is 1. The van der Waals surface area contributed by atoms with Gasteiger partial charge in [-0.2, -0.15) is 0 Å². The molecule has 1 aliphatic carbocycles. The van der Waals surface area contributed by atoms with Crippen molar-refractivity contribution >= 4 is 16.1 Å². The molecule has 0 N–H and O–H groups in total. The fraction of sp³-hybridized carbons (Fsp3) is 0.350. The largest absolute Gasteiger partial charge is 0.323 e. The first kappa shape index (κ1) is 16.3. The average Bonchev–Trinajstić information content (AvgIpc) is 2.51. The Morgan fingerprint density at radius 1 is 0.870 bits per heavy atom. The molecule has 23 heavy (non-hydrogen) atoms. The Hall–Kier alpha value is -1.58. The van der Waals surface area contributed by atoms with E-state index in [0.29, 0.717) is 18.6 Å². The summed E-state index contributed by atoms with van der Waals surface area (Å²) < 4.78 is 6.67. The second-order valence-corrected chi connectivity index (χ2v) is 10.4. The molecule has 1 fully saturated rings. The SMILES string of the molecule is CC(C)(C)S(OC1CC(=O)C1)(c1ccccc1)c1ccccc1. The van der Waals surface area contributed by atoms with Gasteiger partial charge in [-0.3, -0.25) is 4.79 Å². The Morgan fingerprint density at radius 2 is 1.30 bits per heavy atom. The lowest BCUT2D eigenvalue weighted by Gasteiger charge is -2.52. The van der Waals surface area contributed by atoms with Crippen LogP contribution in [0.1, 0.15) is 33.6 Å². The van der Waals surface area contributed by atoms with Gasteiger partial charge in [0.1, 0.15) is 5.78 Å². The minimum atomic E-state index is -1.71. The van der Waals surface area contributed by atoms with Crippen LogP contribution in [-0.2, 0) is 8.98 Å². The first-order valence-corrected chi connectivity index (χ1v) is 9.62. The zero-order valence-electron chi connectivity index (χ0n) is 14.0. The summed E-state index contributed by atoms with van der Waals surface area (Å²) in [4.78, 5) is 13.9. The lowest BCUT2D eigenvalue weighted by atomic mass is 9.95. The van der Waals surface area contributed by atoms with Crippen LogP contribution in [0, 0.1) is 0 Å². The van der Waals surface area contributed by atoms with E-state index < -0.39 is 10.3 Å². The van der Waals surface area contributed by atoms with E-state index in [1.165, 1.54) is 9.79 Å². The zero-order valence-corrected chi connectivity index (χ0v) is 14.8. The van der Waals surface area contributed by atoms with Crippen LogP contribution >= 0.6 is 10.3 Å². The molecular weight excluding hydrogens is 304 g/mol. The summed E-state index contributed by atoms with van der Waals surface area (Å²) in [5.74, 6) is 0.304. The van der Waals surface area contributed by atoms with Gasteiger partial charge in [0.05, 0.1) is 6.10 Å². The smallest absolute Gasteiger partial charge is 0.138 e. The number of rotatable bonds is 4. The molecule has 2 aromatic carbocycles. The van der Waals surface area contributed by atoms with Gasteiger partial charge in [0.25, 0.3) is 0 Å². The predicted octanol–water partition coefficient (Wildman–Crippen LogP) is 5.37. The van der Waals surface area contributed by atoms with Gasteiger partial charge in [-0.25, -0.2) is 0 Å². The fourth-order valence-electron chi connectivity index (χ4n) is 3.04. The van der Waals surface area contributed by atoms with Gasteiger partial charge in [0.2, 0.25) is 0 Å². The summed E-state index contributed by atoms with van der Waals surface area (Å²) in [5.41, 5.74) is 0. The highest BCUT2D eigenvalue weighted by atomic mass is 32.3. The molecule has 0 heterocycles. The third-order valence-corrected chi connectivity index (χ3v) is 8.36. The van der Waals surface area contributed by atoms with E-state index >= 15 is 0 Å².